The van der Waals surface area contributed by atoms with Gasteiger partial charge in [0.2, 0.25) is 5.95 Å². The zero-order chi connectivity index (χ0) is 16.8. The molecule has 24 heavy (non-hydrogen) atoms. The number of anilines is 2. The van der Waals surface area contributed by atoms with E-state index < -0.39 is 0 Å². The van der Waals surface area contributed by atoms with Gasteiger partial charge in [-0.2, -0.15) is 5.26 Å². The third-order valence-electron chi connectivity index (χ3n) is 3.72. The average molecular weight is 323 g/mol. The van der Waals surface area contributed by atoms with Crippen LogP contribution in [0.3, 0.4) is 0 Å². The number of para-hydroxylation sites is 1. The molecule has 1 atom stereocenters. The molecule has 0 aliphatic carbocycles. The molecule has 0 spiro atoms. The van der Waals surface area contributed by atoms with Gasteiger partial charge in [-0.15, -0.1) is 0 Å². The molecule has 1 saturated heterocycles. The van der Waals surface area contributed by atoms with E-state index in [0.717, 1.165) is 19.4 Å². The number of carbonyl (C=O) groups is 1. The molecule has 1 aliphatic heterocycles. The van der Waals surface area contributed by atoms with Crippen LogP contribution in [-0.4, -0.2) is 35.1 Å². The number of aromatic nitrogens is 2. The number of nitriles is 1. The van der Waals surface area contributed by atoms with Crippen LogP contribution >= 0.6 is 0 Å². The number of hydrogen-bond acceptors (Lipinski definition) is 6. The topological polar surface area (TPSA) is 99.9 Å². The van der Waals surface area contributed by atoms with E-state index in [1.807, 2.05) is 6.07 Å². The summed E-state index contributed by atoms with van der Waals surface area (Å²) in [5.74, 6) is 0.0999. The molecule has 1 fully saturated rings. The van der Waals surface area contributed by atoms with Crippen LogP contribution in [0.1, 0.15) is 28.8 Å². The summed E-state index contributed by atoms with van der Waals surface area (Å²) in [6, 6.07) is 8.85. The van der Waals surface area contributed by atoms with Crippen molar-refractivity contribution in [1.29, 1.82) is 5.26 Å². The summed E-state index contributed by atoms with van der Waals surface area (Å²) in [6.45, 7) is 1.46. The molecule has 2 N–H and O–H groups in total. The maximum absolute atomic E-state index is 12.2. The molecule has 1 unspecified atom stereocenters. The Morgan fingerprint density at radius 2 is 2.12 bits per heavy atom. The number of amides is 1. The fourth-order valence-corrected chi connectivity index (χ4v) is 2.43. The lowest BCUT2D eigenvalue weighted by molar-refractivity contribution is 0.102. The van der Waals surface area contributed by atoms with Crippen LogP contribution in [0, 0.1) is 11.3 Å². The van der Waals surface area contributed by atoms with E-state index >= 15 is 0 Å². The fourth-order valence-electron chi connectivity index (χ4n) is 2.43. The SMILES string of the molecule is N#Cc1ccccc1NC(=O)c1cnc(NCC2CCCO2)nc1. The number of nitrogens with zero attached hydrogens (tertiary/aromatic N) is 3. The van der Waals surface area contributed by atoms with E-state index in [1.54, 1.807) is 24.3 Å². The molecule has 0 saturated carbocycles. The predicted molar refractivity (Wildman–Crippen MR) is 88.6 cm³/mol. The second-order valence-corrected chi connectivity index (χ2v) is 5.42. The molecule has 1 aromatic carbocycles. The maximum Gasteiger partial charge on any atom is 0.258 e. The minimum absolute atomic E-state index is 0.194. The Bertz CT molecular complexity index is 748. The lowest BCUT2D eigenvalue weighted by Gasteiger charge is -2.10. The second kappa shape index (κ2) is 7.53. The van der Waals surface area contributed by atoms with Crippen molar-refractivity contribution in [1.82, 2.24) is 9.97 Å². The lowest BCUT2D eigenvalue weighted by atomic mass is 10.2. The van der Waals surface area contributed by atoms with Gasteiger partial charge in [-0.1, -0.05) is 12.1 Å². The highest BCUT2D eigenvalue weighted by molar-refractivity contribution is 6.04. The van der Waals surface area contributed by atoms with Gasteiger partial charge < -0.3 is 15.4 Å². The normalized spacial score (nSPS) is 16.4. The van der Waals surface area contributed by atoms with Gasteiger partial charge in [0.25, 0.3) is 5.91 Å². The minimum atomic E-state index is -0.358. The van der Waals surface area contributed by atoms with E-state index in [1.165, 1.54) is 12.4 Å². The molecule has 0 bridgehead atoms. The number of ether oxygens (including phenoxy) is 1. The number of rotatable bonds is 5. The van der Waals surface area contributed by atoms with Gasteiger partial charge in [0.15, 0.2) is 0 Å². The summed E-state index contributed by atoms with van der Waals surface area (Å²) in [4.78, 5) is 20.5. The van der Waals surface area contributed by atoms with Gasteiger partial charge >= 0.3 is 0 Å². The van der Waals surface area contributed by atoms with E-state index in [2.05, 4.69) is 20.6 Å². The van der Waals surface area contributed by atoms with E-state index in [4.69, 9.17) is 10.00 Å². The molecule has 2 heterocycles. The summed E-state index contributed by atoms with van der Waals surface area (Å²) in [5, 5.41) is 14.8. The van der Waals surface area contributed by atoms with Crippen LogP contribution in [0.5, 0.6) is 0 Å². The van der Waals surface area contributed by atoms with Crippen molar-refractivity contribution in [3.63, 3.8) is 0 Å². The van der Waals surface area contributed by atoms with Crippen molar-refractivity contribution < 1.29 is 9.53 Å². The molecule has 1 aromatic heterocycles. The van der Waals surface area contributed by atoms with Crippen molar-refractivity contribution in [3.8, 4) is 6.07 Å². The monoisotopic (exact) mass is 323 g/mol. The Balaban J connectivity index is 1.60. The van der Waals surface area contributed by atoms with Crippen molar-refractivity contribution in [2.45, 2.75) is 18.9 Å². The highest BCUT2D eigenvalue weighted by Gasteiger charge is 2.15. The first-order chi connectivity index (χ1) is 11.8. The Kier molecular flexibility index (Phi) is 4.99. The molecular weight excluding hydrogens is 306 g/mol. The first-order valence-electron chi connectivity index (χ1n) is 7.74. The van der Waals surface area contributed by atoms with Crippen LogP contribution in [0.2, 0.25) is 0 Å². The smallest absolute Gasteiger partial charge is 0.258 e. The molecule has 1 aliphatic rings. The van der Waals surface area contributed by atoms with Crippen molar-refractivity contribution >= 4 is 17.5 Å². The summed E-state index contributed by atoms with van der Waals surface area (Å²) >= 11 is 0. The third-order valence-corrected chi connectivity index (χ3v) is 3.72. The largest absolute Gasteiger partial charge is 0.376 e. The van der Waals surface area contributed by atoms with E-state index in [0.29, 0.717) is 29.3 Å². The van der Waals surface area contributed by atoms with Crippen molar-refractivity contribution in [2.24, 2.45) is 0 Å². The molecule has 7 heteroatoms. The Labute approximate surface area is 139 Å². The lowest BCUT2D eigenvalue weighted by Crippen LogP contribution is -2.20. The molecule has 2 aromatic rings. The van der Waals surface area contributed by atoms with Gasteiger partial charge in [-0.05, 0) is 25.0 Å². The molecule has 0 radical (unpaired) electrons. The van der Waals surface area contributed by atoms with Gasteiger partial charge in [0, 0.05) is 25.5 Å². The van der Waals surface area contributed by atoms with Gasteiger partial charge in [0.05, 0.1) is 22.9 Å². The van der Waals surface area contributed by atoms with E-state index in [9.17, 15) is 4.79 Å². The summed E-state index contributed by atoms with van der Waals surface area (Å²) in [7, 11) is 0. The summed E-state index contributed by atoms with van der Waals surface area (Å²) < 4.78 is 5.52. The standard InChI is InChI=1S/C17H17N5O2/c18-8-12-4-1-2-6-15(12)22-16(23)13-9-19-17(20-10-13)21-11-14-5-3-7-24-14/h1-2,4,6,9-10,14H,3,5,7,11H2,(H,22,23)(H,19,20,21). The zero-order valence-corrected chi connectivity index (χ0v) is 13.0. The highest BCUT2D eigenvalue weighted by atomic mass is 16.5. The van der Waals surface area contributed by atoms with Crippen molar-refractivity contribution in [2.75, 3.05) is 23.8 Å². The number of benzene rings is 1. The van der Waals surface area contributed by atoms with Crippen molar-refractivity contribution in [3.05, 3.63) is 47.8 Å². The summed E-state index contributed by atoms with van der Waals surface area (Å²) in [5.41, 5.74) is 1.19. The molecule has 7 nitrogen and oxygen atoms in total. The maximum atomic E-state index is 12.2. The number of hydrogen-bond donors (Lipinski definition) is 2. The van der Waals surface area contributed by atoms with Crippen LogP contribution in [0.15, 0.2) is 36.7 Å². The molecular formula is C17H17N5O2. The van der Waals surface area contributed by atoms with E-state index in [-0.39, 0.29) is 12.0 Å². The Hall–Kier alpha value is -2.98. The van der Waals surface area contributed by atoms with Crippen LogP contribution in [0.4, 0.5) is 11.6 Å². The van der Waals surface area contributed by atoms with Gasteiger partial charge in [-0.3, -0.25) is 4.79 Å². The molecule has 1 amide bonds. The molecule has 3 rings (SSSR count). The number of nitrogens with one attached hydrogen (secondary N) is 2. The van der Waals surface area contributed by atoms with Crippen LogP contribution in [0.25, 0.3) is 0 Å². The predicted octanol–water partition coefficient (Wildman–Crippen LogP) is 2.19. The second-order valence-electron chi connectivity index (χ2n) is 5.42. The average Bonchev–Trinajstić information content (AvgIpc) is 3.14. The summed E-state index contributed by atoms with van der Waals surface area (Å²) in [6.07, 6.45) is 5.21. The highest BCUT2D eigenvalue weighted by Crippen LogP contribution is 2.15. The number of carbonyl (C=O) groups excluding carboxylic acids is 1. The minimum Gasteiger partial charge on any atom is -0.376 e. The third kappa shape index (κ3) is 3.86. The molecule has 122 valence electrons. The van der Waals surface area contributed by atoms with Gasteiger partial charge in [-0.25, -0.2) is 9.97 Å². The Morgan fingerprint density at radius 1 is 1.33 bits per heavy atom. The fraction of sp³-hybridized carbons (Fsp3) is 0.294. The first kappa shape index (κ1) is 15.9. The van der Waals surface area contributed by atoms with Crippen LogP contribution in [-0.2, 0) is 4.74 Å². The quantitative estimate of drug-likeness (QED) is 0.875. The Morgan fingerprint density at radius 3 is 2.83 bits per heavy atom. The van der Waals surface area contributed by atoms with Crippen LogP contribution < -0.4 is 10.6 Å². The van der Waals surface area contributed by atoms with Gasteiger partial charge in [0.1, 0.15) is 6.07 Å². The first-order valence-corrected chi connectivity index (χ1v) is 7.74. The zero-order valence-electron chi connectivity index (χ0n) is 13.0.